The minimum absolute atomic E-state index is 0.890. The van der Waals surface area contributed by atoms with Crippen molar-refractivity contribution in [2.75, 3.05) is 57.4 Å². The molecule has 4 rings (SSSR count). The Hall–Kier alpha value is -2.14. The van der Waals surface area contributed by atoms with Gasteiger partial charge in [-0.3, -0.25) is 4.90 Å². The van der Waals surface area contributed by atoms with Gasteiger partial charge >= 0.3 is 0 Å². The standard InChI is InChI=1S/C24H31N3O/c1-3-9-23-21(7-1)11-12-22-8-2-4-10-24(22)27(23)16-6-14-25-13-5-15-26-17-19-28-20-18-26/h1-4,7-12,25H,5-6,13-20H2. The lowest BCUT2D eigenvalue weighted by molar-refractivity contribution is 0.0374. The Labute approximate surface area is 168 Å². The maximum atomic E-state index is 5.41. The van der Waals surface area contributed by atoms with Crippen molar-refractivity contribution in [1.29, 1.82) is 0 Å². The first-order valence-electron chi connectivity index (χ1n) is 10.6. The van der Waals surface area contributed by atoms with Crippen LogP contribution >= 0.6 is 0 Å². The van der Waals surface area contributed by atoms with Crippen molar-refractivity contribution in [3.63, 3.8) is 0 Å². The Kier molecular flexibility index (Phi) is 6.77. The maximum absolute atomic E-state index is 5.41. The van der Waals surface area contributed by atoms with Gasteiger partial charge in [0.15, 0.2) is 0 Å². The molecule has 0 radical (unpaired) electrons. The Morgan fingerprint density at radius 2 is 1.32 bits per heavy atom. The molecule has 148 valence electrons. The summed E-state index contributed by atoms with van der Waals surface area (Å²) >= 11 is 0. The van der Waals surface area contributed by atoms with Gasteiger partial charge in [-0.05, 0) is 55.7 Å². The van der Waals surface area contributed by atoms with Gasteiger partial charge in [0.2, 0.25) is 0 Å². The van der Waals surface area contributed by atoms with Crippen LogP contribution < -0.4 is 10.2 Å². The summed E-state index contributed by atoms with van der Waals surface area (Å²) in [5, 5.41) is 3.63. The predicted octanol–water partition coefficient (Wildman–Crippen LogP) is 4.01. The molecule has 2 aromatic carbocycles. The molecular weight excluding hydrogens is 346 g/mol. The molecule has 0 saturated carbocycles. The van der Waals surface area contributed by atoms with Gasteiger partial charge in [0.05, 0.1) is 13.2 Å². The quantitative estimate of drug-likeness (QED) is 0.704. The number of benzene rings is 2. The number of hydrogen-bond donors (Lipinski definition) is 1. The van der Waals surface area contributed by atoms with E-state index >= 15 is 0 Å². The van der Waals surface area contributed by atoms with Gasteiger partial charge in [-0.2, -0.15) is 0 Å². The van der Waals surface area contributed by atoms with Gasteiger partial charge in [-0.25, -0.2) is 0 Å². The summed E-state index contributed by atoms with van der Waals surface area (Å²) in [7, 11) is 0. The van der Waals surface area contributed by atoms with E-state index in [2.05, 4.69) is 75.8 Å². The molecule has 28 heavy (non-hydrogen) atoms. The highest BCUT2D eigenvalue weighted by molar-refractivity contribution is 5.88. The molecule has 1 saturated heterocycles. The largest absolute Gasteiger partial charge is 0.379 e. The van der Waals surface area contributed by atoms with E-state index in [4.69, 9.17) is 4.74 Å². The van der Waals surface area contributed by atoms with Crippen LogP contribution in [0.2, 0.25) is 0 Å². The lowest BCUT2D eigenvalue weighted by atomic mass is 10.1. The average Bonchev–Trinajstić information content (AvgIpc) is 2.91. The SMILES string of the molecule is C1=Cc2ccccc2N(CCCNCCCN2CCOCC2)c2ccccc21. The van der Waals surface area contributed by atoms with Crippen LogP contribution in [0.4, 0.5) is 11.4 Å². The van der Waals surface area contributed by atoms with Crippen LogP contribution in [0.15, 0.2) is 48.5 Å². The topological polar surface area (TPSA) is 27.7 Å². The molecule has 0 unspecified atom stereocenters. The molecule has 1 N–H and O–H groups in total. The third-order valence-corrected chi connectivity index (χ3v) is 5.56. The second-order valence-electron chi connectivity index (χ2n) is 7.51. The first-order valence-corrected chi connectivity index (χ1v) is 10.6. The number of rotatable bonds is 8. The zero-order valence-corrected chi connectivity index (χ0v) is 16.6. The fourth-order valence-electron chi connectivity index (χ4n) is 4.04. The van der Waals surface area contributed by atoms with Crippen LogP contribution in [0, 0.1) is 0 Å². The fourth-order valence-corrected chi connectivity index (χ4v) is 4.04. The number of ether oxygens (including phenoxy) is 1. The lowest BCUT2D eigenvalue weighted by Crippen LogP contribution is -2.37. The molecule has 2 heterocycles. The van der Waals surface area contributed by atoms with E-state index in [1.165, 1.54) is 35.5 Å². The van der Waals surface area contributed by atoms with E-state index in [-0.39, 0.29) is 0 Å². The summed E-state index contributed by atoms with van der Waals surface area (Å²) in [6.45, 7) is 8.29. The highest BCUT2D eigenvalue weighted by atomic mass is 16.5. The van der Waals surface area contributed by atoms with Crippen LogP contribution in [0.3, 0.4) is 0 Å². The fraction of sp³-hybridized carbons (Fsp3) is 0.417. The Morgan fingerprint density at radius 3 is 1.96 bits per heavy atom. The van der Waals surface area contributed by atoms with Crippen LogP contribution in [0.5, 0.6) is 0 Å². The van der Waals surface area contributed by atoms with E-state index in [9.17, 15) is 0 Å². The van der Waals surface area contributed by atoms with E-state index in [0.29, 0.717) is 0 Å². The summed E-state index contributed by atoms with van der Waals surface area (Å²) < 4.78 is 5.41. The molecule has 1 fully saturated rings. The molecule has 0 spiro atoms. The Balaban J connectivity index is 1.28. The van der Waals surface area contributed by atoms with Gasteiger partial charge in [0.25, 0.3) is 0 Å². The van der Waals surface area contributed by atoms with Crippen LogP contribution in [-0.2, 0) is 4.74 Å². The second-order valence-corrected chi connectivity index (χ2v) is 7.51. The van der Waals surface area contributed by atoms with Crippen molar-refractivity contribution in [2.45, 2.75) is 12.8 Å². The van der Waals surface area contributed by atoms with Crippen molar-refractivity contribution >= 4 is 23.5 Å². The number of fused-ring (bicyclic) bond motifs is 2. The van der Waals surface area contributed by atoms with Crippen molar-refractivity contribution < 1.29 is 4.74 Å². The Morgan fingerprint density at radius 1 is 0.750 bits per heavy atom. The van der Waals surface area contributed by atoms with Gasteiger partial charge in [-0.1, -0.05) is 48.6 Å². The number of nitrogens with one attached hydrogen (secondary N) is 1. The predicted molar refractivity (Wildman–Crippen MR) is 118 cm³/mol. The van der Waals surface area contributed by atoms with Crippen LogP contribution in [0.1, 0.15) is 24.0 Å². The smallest absolute Gasteiger partial charge is 0.0594 e. The molecule has 0 atom stereocenters. The normalized spacial score (nSPS) is 16.5. The van der Waals surface area contributed by atoms with Gasteiger partial charge in [-0.15, -0.1) is 0 Å². The van der Waals surface area contributed by atoms with Crippen LogP contribution in [-0.4, -0.2) is 57.4 Å². The molecule has 4 nitrogen and oxygen atoms in total. The van der Waals surface area contributed by atoms with Gasteiger partial charge < -0.3 is 15.0 Å². The number of anilines is 2. The van der Waals surface area contributed by atoms with E-state index in [1.54, 1.807) is 0 Å². The van der Waals surface area contributed by atoms with Crippen molar-refractivity contribution in [3.8, 4) is 0 Å². The molecule has 0 bridgehead atoms. The first kappa shape index (κ1) is 19.2. The zero-order chi connectivity index (χ0) is 19.0. The minimum Gasteiger partial charge on any atom is -0.379 e. The van der Waals surface area contributed by atoms with E-state index in [1.807, 2.05) is 0 Å². The highest BCUT2D eigenvalue weighted by Gasteiger charge is 2.16. The lowest BCUT2D eigenvalue weighted by Gasteiger charge is -2.27. The van der Waals surface area contributed by atoms with E-state index < -0.39 is 0 Å². The molecule has 4 heteroatoms. The molecule has 0 aromatic heterocycles. The average molecular weight is 378 g/mol. The zero-order valence-electron chi connectivity index (χ0n) is 16.6. The van der Waals surface area contributed by atoms with Gasteiger partial charge in [0, 0.05) is 31.0 Å². The summed E-state index contributed by atoms with van der Waals surface area (Å²) in [4.78, 5) is 4.98. The number of hydrogen-bond acceptors (Lipinski definition) is 4. The van der Waals surface area contributed by atoms with Crippen molar-refractivity contribution in [3.05, 3.63) is 59.7 Å². The summed E-state index contributed by atoms with van der Waals surface area (Å²) in [5.41, 5.74) is 5.18. The second kappa shape index (κ2) is 9.87. The number of morpholine rings is 1. The van der Waals surface area contributed by atoms with Crippen LogP contribution in [0.25, 0.3) is 12.2 Å². The number of nitrogens with zero attached hydrogens (tertiary/aromatic N) is 2. The molecule has 2 aliphatic heterocycles. The number of para-hydroxylation sites is 2. The minimum atomic E-state index is 0.890. The highest BCUT2D eigenvalue weighted by Crippen LogP contribution is 2.35. The third kappa shape index (κ3) is 4.82. The van der Waals surface area contributed by atoms with Crippen molar-refractivity contribution in [1.82, 2.24) is 10.2 Å². The third-order valence-electron chi connectivity index (χ3n) is 5.56. The summed E-state index contributed by atoms with van der Waals surface area (Å²) in [6.07, 6.45) is 6.80. The van der Waals surface area contributed by atoms with Crippen molar-refractivity contribution in [2.24, 2.45) is 0 Å². The molecule has 2 aliphatic rings. The first-order chi connectivity index (χ1) is 13.9. The monoisotopic (exact) mass is 377 g/mol. The van der Waals surface area contributed by atoms with Gasteiger partial charge in [0.1, 0.15) is 0 Å². The molecule has 0 aliphatic carbocycles. The molecular formula is C24H31N3O. The molecule has 0 amide bonds. The maximum Gasteiger partial charge on any atom is 0.0594 e. The Bertz CT molecular complexity index is 733. The van der Waals surface area contributed by atoms with E-state index in [0.717, 1.165) is 52.4 Å². The summed E-state index contributed by atoms with van der Waals surface area (Å²) in [5.74, 6) is 0. The molecule has 2 aromatic rings. The summed E-state index contributed by atoms with van der Waals surface area (Å²) in [6, 6.07) is 17.4.